The maximum absolute atomic E-state index is 12.2. The molecule has 1 aromatic heterocycles. The van der Waals surface area contributed by atoms with Crippen LogP contribution in [0.2, 0.25) is 0 Å². The van der Waals surface area contributed by atoms with Crippen LogP contribution in [0.3, 0.4) is 0 Å². The summed E-state index contributed by atoms with van der Waals surface area (Å²) in [4.78, 5) is 25.6. The van der Waals surface area contributed by atoms with Gasteiger partial charge in [0.05, 0.1) is 23.5 Å². The lowest BCUT2D eigenvalue weighted by Gasteiger charge is -2.14. The number of nitrogens with one attached hydrogen (secondary N) is 3. The summed E-state index contributed by atoms with van der Waals surface area (Å²) in [6, 6.07) is 6.87. The fraction of sp³-hybridized carbons (Fsp3) is 0.312. The van der Waals surface area contributed by atoms with Crippen LogP contribution in [0.15, 0.2) is 24.3 Å². The van der Waals surface area contributed by atoms with Crippen molar-refractivity contribution < 1.29 is 9.59 Å². The van der Waals surface area contributed by atoms with E-state index in [2.05, 4.69) is 20.8 Å². The molecule has 0 saturated carbocycles. The molecule has 1 heterocycles. The van der Waals surface area contributed by atoms with Crippen LogP contribution in [-0.4, -0.2) is 41.1 Å². The Kier molecular flexibility index (Phi) is 5.00. The first-order valence-electron chi connectivity index (χ1n) is 7.26. The second-order valence-corrected chi connectivity index (χ2v) is 5.51. The zero-order valence-corrected chi connectivity index (χ0v) is 13.7. The first-order chi connectivity index (χ1) is 10.9. The molecule has 0 radical (unpaired) electrons. The quantitative estimate of drug-likeness (QED) is 0.808. The highest BCUT2D eigenvalue weighted by atomic mass is 16.2. The van der Waals surface area contributed by atoms with Gasteiger partial charge in [-0.3, -0.25) is 9.89 Å². The standard InChI is InChI=1S/C16H21N5O2/c1-10-15(11(2)20-19-10)18-16(23)17-13-8-6-5-7-12(13)9-14(22)21(3)4/h5-8H,9H2,1-4H3,(H,19,20)(H2,17,18,23). The molecule has 2 aromatic rings. The van der Waals surface area contributed by atoms with E-state index in [0.29, 0.717) is 17.1 Å². The van der Waals surface area contributed by atoms with Crippen LogP contribution >= 0.6 is 0 Å². The molecule has 0 aliphatic carbocycles. The number of anilines is 2. The van der Waals surface area contributed by atoms with Gasteiger partial charge in [0.25, 0.3) is 0 Å². The summed E-state index contributed by atoms with van der Waals surface area (Å²) in [6.07, 6.45) is 0.229. The predicted molar refractivity (Wildman–Crippen MR) is 89.5 cm³/mol. The summed E-state index contributed by atoms with van der Waals surface area (Å²) in [6.45, 7) is 3.64. The summed E-state index contributed by atoms with van der Waals surface area (Å²) >= 11 is 0. The van der Waals surface area contributed by atoms with Crippen molar-refractivity contribution in [2.75, 3.05) is 24.7 Å². The highest BCUT2D eigenvalue weighted by Crippen LogP contribution is 2.19. The number of benzene rings is 1. The molecule has 1 aromatic carbocycles. The van der Waals surface area contributed by atoms with Crippen LogP contribution in [0.1, 0.15) is 17.0 Å². The fourth-order valence-electron chi connectivity index (χ4n) is 2.12. The van der Waals surface area contributed by atoms with Crippen LogP contribution in [0.4, 0.5) is 16.2 Å². The average molecular weight is 315 g/mol. The van der Waals surface area contributed by atoms with E-state index in [0.717, 1.165) is 11.3 Å². The van der Waals surface area contributed by atoms with Gasteiger partial charge in [-0.15, -0.1) is 0 Å². The molecular formula is C16H21N5O2. The molecule has 122 valence electrons. The average Bonchev–Trinajstić information content (AvgIpc) is 2.81. The maximum Gasteiger partial charge on any atom is 0.323 e. The van der Waals surface area contributed by atoms with Gasteiger partial charge >= 0.3 is 6.03 Å². The van der Waals surface area contributed by atoms with Crippen LogP contribution in [0.25, 0.3) is 0 Å². The molecule has 2 rings (SSSR count). The third-order valence-electron chi connectivity index (χ3n) is 3.47. The van der Waals surface area contributed by atoms with Gasteiger partial charge in [-0.1, -0.05) is 18.2 Å². The first-order valence-corrected chi connectivity index (χ1v) is 7.26. The van der Waals surface area contributed by atoms with E-state index in [-0.39, 0.29) is 18.4 Å². The number of hydrogen-bond acceptors (Lipinski definition) is 3. The third kappa shape index (κ3) is 4.09. The van der Waals surface area contributed by atoms with Crippen molar-refractivity contribution in [1.82, 2.24) is 15.1 Å². The van der Waals surface area contributed by atoms with E-state index in [1.807, 2.05) is 32.0 Å². The Bertz CT molecular complexity index is 702. The van der Waals surface area contributed by atoms with E-state index in [9.17, 15) is 9.59 Å². The van der Waals surface area contributed by atoms with Gasteiger partial charge < -0.3 is 15.5 Å². The molecule has 7 heteroatoms. The van der Waals surface area contributed by atoms with E-state index in [4.69, 9.17) is 0 Å². The number of nitrogens with zero attached hydrogens (tertiary/aromatic N) is 2. The SMILES string of the molecule is Cc1n[nH]c(C)c1NC(=O)Nc1ccccc1CC(=O)N(C)C. The summed E-state index contributed by atoms with van der Waals surface area (Å²) in [5.74, 6) is -0.0267. The Morgan fingerprint density at radius 2 is 1.87 bits per heavy atom. The van der Waals surface area contributed by atoms with Gasteiger partial charge in [0, 0.05) is 19.8 Å². The number of para-hydroxylation sites is 1. The van der Waals surface area contributed by atoms with Gasteiger partial charge in [0.15, 0.2) is 0 Å². The molecule has 3 amide bonds. The lowest BCUT2D eigenvalue weighted by Crippen LogP contribution is -2.25. The lowest BCUT2D eigenvalue weighted by molar-refractivity contribution is -0.127. The molecule has 0 aliphatic rings. The highest BCUT2D eigenvalue weighted by Gasteiger charge is 2.13. The van der Waals surface area contributed by atoms with Crippen molar-refractivity contribution in [2.24, 2.45) is 0 Å². The van der Waals surface area contributed by atoms with E-state index < -0.39 is 0 Å². The minimum Gasteiger partial charge on any atom is -0.349 e. The third-order valence-corrected chi connectivity index (χ3v) is 3.47. The van der Waals surface area contributed by atoms with Crippen molar-refractivity contribution in [3.05, 3.63) is 41.2 Å². The zero-order chi connectivity index (χ0) is 17.0. The Balaban J connectivity index is 2.11. The van der Waals surface area contributed by atoms with Gasteiger partial charge in [0.1, 0.15) is 0 Å². The van der Waals surface area contributed by atoms with Gasteiger partial charge in [-0.25, -0.2) is 4.79 Å². The van der Waals surface area contributed by atoms with Crippen LogP contribution < -0.4 is 10.6 Å². The molecule has 23 heavy (non-hydrogen) atoms. The Hall–Kier alpha value is -2.83. The van der Waals surface area contributed by atoms with E-state index in [1.165, 1.54) is 4.90 Å². The first kappa shape index (κ1) is 16.5. The number of urea groups is 1. The smallest absolute Gasteiger partial charge is 0.323 e. The monoisotopic (exact) mass is 315 g/mol. The van der Waals surface area contributed by atoms with E-state index in [1.54, 1.807) is 20.2 Å². The largest absolute Gasteiger partial charge is 0.349 e. The lowest BCUT2D eigenvalue weighted by atomic mass is 10.1. The normalized spacial score (nSPS) is 10.3. The number of hydrogen-bond donors (Lipinski definition) is 3. The minimum atomic E-state index is -0.373. The Labute approximate surface area is 135 Å². The molecule has 0 aliphatic heterocycles. The summed E-state index contributed by atoms with van der Waals surface area (Å²) in [5.41, 5.74) is 3.53. The molecule has 7 nitrogen and oxygen atoms in total. The number of aryl methyl sites for hydroxylation is 2. The number of carbonyl (C=O) groups excluding carboxylic acids is 2. The van der Waals surface area contributed by atoms with Gasteiger partial charge in [-0.2, -0.15) is 5.10 Å². The predicted octanol–water partition coefficient (Wildman–Crippen LogP) is 2.30. The van der Waals surface area contributed by atoms with Crippen molar-refractivity contribution in [1.29, 1.82) is 0 Å². The van der Waals surface area contributed by atoms with Crippen LogP contribution in [0.5, 0.6) is 0 Å². The molecule has 0 unspecified atom stereocenters. The van der Waals surface area contributed by atoms with Gasteiger partial charge in [0.2, 0.25) is 5.91 Å². The number of amides is 3. The molecule has 0 fully saturated rings. The Morgan fingerprint density at radius 1 is 1.17 bits per heavy atom. The van der Waals surface area contributed by atoms with Gasteiger partial charge in [-0.05, 0) is 25.5 Å². The molecule has 0 spiro atoms. The number of rotatable bonds is 4. The van der Waals surface area contributed by atoms with Crippen molar-refractivity contribution in [3.8, 4) is 0 Å². The van der Waals surface area contributed by atoms with Crippen molar-refractivity contribution >= 4 is 23.3 Å². The zero-order valence-electron chi connectivity index (χ0n) is 13.7. The van der Waals surface area contributed by atoms with Crippen molar-refractivity contribution in [3.63, 3.8) is 0 Å². The van der Waals surface area contributed by atoms with Crippen LogP contribution in [0, 0.1) is 13.8 Å². The number of carbonyl (C=O) groups is 2. The van der Waals surface area contributed by atoms with Crippen molar-refractivity contribution in [2.45, 2.75) is 20.3 Å². The second kappa shape index (κ2) is 6.95. The fourth-order valence-corrected chi connectivity index (χ4v) is 2.12. The van der Waals surface area contributed by atoms with E-state index >= 15 is 0 Å². The number of H-pyrrole nitrogens is 1. The molecule has 0 saturated heterocycles. The molecular weight excluding hydrogens is 294 g/mol. The summed E-state index contributed by atoms with van der Waals surface area (Å²) in [5, 5.41) is 12.4. The minimum absolute atomic E-state index is 0.0267. The number of aromatic nitrogens is 2. The number of likely N-dealkylation sites (N-methyl/N-ethyl adjacent to an activating group) is 1. The molecule has 0 bridgehead atoms. The number of aromatic amines is 1. The second-order valence-electron chi connectivity index (χ2n) is 5.51. The maximum atomic E-state index is 12.2. The topological polar surface area (TPSA) is 90.1 Å². The van der Waals surface area contributed by atoms with Crippen LogP contribution in [-0.2, 0) is 11.2 Å². The molecule has 0 atom stereocenters. The Morgan fingerprint density at radius 3 is 2.48 bits per heavy atom. The highest BCUT2D eigenvalue weighted by molar-refractivity contribution is 6.01. The summed E-state index contributed by atoms with van der Waals surface area (Å²) < 4.78 is 0. The molecule has 3 N–H and O–H groups in total. The summed E-state index contributed by atoms with van der Waals surface area (Å²) in [7, 11) is 3.41.